The number of rotatable bonds is 0. The van der Waals surface area contributed by atoms with Crippen LogP contribution in [0.3, 0.4) is 0 Å². The van der Waals surface area contributed by atoms with Crippen LogP contribution in [0.25, 0.3) is 0 Å². The van der Waals surface area contributed by atoms with Crippen molar-refractivity contribution in [3.63, 3.8) is 0 Å². The first kappa shape index (κ1) is 22.6. The van der Waals surface area contributed by atoms with Gasteiger partial charge < -0.3 is 14.6 Å². The molecule has 0 amide bonds. The van der Waals surface area contributed by atoms with E-state index in [2.05, 4.69) is 0 Å². The maximum absolute atomic E-state index is 8.56. The molecular formula is H2AsFeO8S. The molecule has 0 aromatic carbocycles. The van der Waals surface area contributed by atoms with Crippen molar-refractivity contribution in [1.29, 1.82) is 0 Å². The maximum atomic E-state index is 8.56. The monoisotopic (exact) mass is 293 g/mol. The van der Waals surface area contributed by atoms with Gasteiger partial charge in [-0.3, -0.25) is 8.42 Å². The molecule has 0 bridgehead atoms. The normalized spacial score (nSPS) is 8.55. The van der Waals surface area contributed by atoms with Crippen molar-refractivity contribution in [1.82, 2.24) is 0 Å². The third-order valence-electron chi connectivity index (χ3n) is 0. The van der Waals surface area contributed by atoms with Crippen LogP contribution in [0, 0.1) is 0 Å². The van der Waals surface area contributed by atoms with Crippen LogP contribution in [-0.4, -0.2) is 38.7 Å². The summed E-state index contributed by atoms with van der Waals surface area (Å²) in [5, 5.41) is 0. The van der Waals surface area contributed by atoms with Gasteiger partial charge in [-0.1, -0.05) is 0 Å². The molecule has 0 spiro atoms. The Kier molecular flexibility index (Phi) is 22.2. The van der Waals surface area contributed by atoms with E-state index in [4.69, 9.17) is 29.8 Å². The van der Waals surface area contributed by atoms with E-state index in [1.807, 2.05) is 0 Å². The van der Waals surface area contributed by atoms with Gasteiger partial charge in [-0.05, 0) is 0 Å². The van der Waals surface area contributed by atoms with Gasteiger partial charge >= 0.3 is 45.0 Å². The Balaban J connectivity index is -0.0000000383. The topological polar surface area (TPSA) is 181 Å². The van der Waals surface area contributed by atoms with E-state index >= 15 is 0 Å². The van der Waals surface area contributed by atoms with Gasteiger partial charge in [0.25, 0.3) is 0 Å². The molecule has 1 radical (unpaired) electrons. The zero-order chi connectivity index (χ0) is 8.08. The van der Waals surface area contributed by atoms with Crippen LogP contribution in [-0.2, 0) is 27.5 Å². The van der Waals surface area contributed by atoms with Crippen LogP contribution in [0.5, 0.6) is 0 Å². The molecule has 8 nitrogen and oxygen atoms in total. The van der Waals surface area contributed by atoms with Crippen LogP contribution >= 0.6 is 0 Å². The second-order valence-corrected chi connectivity index (χ2v) is 2.39. The number of hydrogen-bond acceptors (Lipinski definition) is 7. The Morgan fingerprint density at radius 1 is 1.00 bits per heavy atom. The fourth-order valence-electron chi connectivity index (χ4n) is 0. The first-order valence-electron chi connectivity index (χ1n) is 1.21. The van der Waals surface area contributed by atoms with Crippen LogP contribution in [0.15, 0.2) is 0 Å². The molecule has 0 aliphatic heterocycles. The summed E-state index contributed by atoms with van der Waals surface area (Å²) >= 11 is -3.94. The molecule has 69 valence electrons. The van der Waals surface area contributed by atoms with Gasteiger partial charge in [-0.25, -0.2) is 0 Å². The zero-order valence-electron chi connectivity index (χ0n) is 4.57. The molecule has 0 fully saturated rings. The predicted octanol–water partition coefficient (Wildman–Crippen LogP) is -6.11. The van der Waals surface area contributed by atoms with E-state index in [9.17, 15) is 0 Å². The molecule has 11 heavy (non-hydrogen) atoms. The van der Waals surface area contributed by atoms with Gasteiger partial charge in [-0.15, -0.1) is 0 Å². The first-order chi connectivity index (χ1) is 3.73. The van der Waals surface area contributed by atoms with E-state index in [1.54, 1.807) is 0 Å². The summed E-state index contributed by atoms with van der Waals surface area (Å²) in [4.78, 5) is 0. The fraction of sp³-hybridized carbons (Fsp3) is 0. The summed E-state index contributed by atoms with van der Waals surface area (Å²) < 4.78 is 59.8. The second-order valence-electron chi connectivity index (χ2n) is 0.632. The van der Waals surface area contributed by atoms with Gasteiger partial charge in [0.05, 0.1) is 0 Å². The minimum atomic E-state index is -5.17. The van der Waals surface area contributed by atoms with Crippen molar-refractivity contribution in [2.24, 2.45) is 0 Å². The van der Waals surface area contributed by atoms with Crippen LogP contribution in [0.2, 0.25) is 0 Å². The molecule has 0 aliphatic rings. The Morgan fingerprint density at radius 2 is 1.00 bits per heavy atom. The average Bonchev–Trinajstić information content (AvgIpc) is 1.19. The van der Waals surface area contributed by atoms with Gasteiger partial charge in [-0.2, -0.15) is 0 Å². The molecule has 0 saturated heterocycles. The standard InChI is InChI=1S/AsO3.Fe.H2O4S.H2O/c2-1(3)4;;1-5(2,3)4;/h;;(H2,1,2,3,4);1H2/q-3;+5;;/p-2. The van der Waals surface area contributed by atoms with Gasteiger partial charge in [0.1, 0.15) is 0 Å². The van der Waals surface area contributed by atoms with E-state index < -0.39 is 26.1 Å². The van der Waals surface area contributed by atoms with E-state index in [0.29, 0.717) is 0 Å². The van der Waals surface area contributed by atoms with E-state index in [1.165, 1.54) is 0 Å². The summed E-state index contributed by atoms with van der Waals surface area (Å²) in [5.41, 5.74) is 0. The Labute approximate surface area is 78.5 Å². The summed E-state index contributed by atoms with van der Waals surface area (Å²) in [5.74, 6) is 0. The van der Waals surface area contributed by atoms with Gasteiger partial charge in [0.2, 0.25) is 0 Å². The summed E-state index contributed by atoms with van der Waals surface area (Å²) in [6.07, 6.45) is 0. The summed E-state index contributed by atoms with van der Waals surface area (Å²) in [6, 6.07) is 0. The minimum absolute atomic E-state index is 0. The van der Waals surface area contributed by atoms with Gasteiger partial charge in [0, 0.05) is 10.4 Å². The molecule has 0 atom stereocenters. The SMILES string of the molecule is O.O=S(=O)([O-])[O-].[Fe+5].[O-][As]([O-])[O-]. The van der Waals surface area contributed by atoms with E-state index in [-0.39, 0.29) is 22.5 Å². The molecule has 0 aliphatic carbocycles. The van der Waals surface area contributed by atoms with Crippen molar-refractivity contribution in [3.05, 3.63) is 0 Å². The molecule has 0 aromatic rings. The molecule has 2 N–H and O–H groups in total. The Morgan fingerprint density at radius 3 is 1.00 bits per heavy atom. The van der Waals surface area contributed by atoms with Crippen molar-refractivity contribution in [3.8, 4) is 0 Å². The third kappa shape index (κ3) is 1340. The average molecular weight is 293 g/mol. The fourth-order valence-corrected chi connectivity index (χ4v) is 0. The second kappa shape index (κ2) is 10.8. The number of hydrogen-bond donors (Lipinski definition) is 0. The summed E-state index contributed by atoms with van der Waals surface area (Å²) in [7, 11) is -5.17. The Bertz CT molecular complexity index is 125. The van der Waals surface area contributed by atoms with E-state index in [0.717, 1.165) is 0 Å². The van der Waals surface area contributed by atoms with Gasteiger partial charge in [0.15, 0.2) is 0 Å². The quantitative estimate of drug-likeness (QED) is 0.242. The molecule has 0 rings (SSSR count). The predicted molar refractivity (Wildman–Crippen MR) is 19.8 cm³/mol. The van der Waals surface area contributed by atoms with Crippen molar-refractivity contribution >= 4 is 26.1 Å². The van der Waals surface area contributed by atoms with Crippen LogP contribution in [0.4, 0.5) is 0 Å². The molecule has 11 heteroatoms. The molecule has 0 unspecified atom stereocenters. The molecule has 0 saturated carbocycles. The third-order valence-corrected chi connectivity index (χ3v) is 0. The van der Waals surface area contributed by atoms with Crippen LogP contribution in [0.1, 0.15) is 0 Å². The van der Waals surface area contributed by atoms with Crippen molar-refractivity contribution in [2.45, 2.75) is 0 Å². The van der Waals surface area contributed by atoms with Crippen molar-refractivity contribution in [2.75, 3.05) is 0 Å². The van der Waals surface area contributed by atoms with Crippen molar-refractivity contribution < 1.29 is 52.4 Å². The zero-order valence-corrected chi connectivity index (χ0v) is 8.36. The molecule has 0 aromatic heterocycles. The molecule has 0 heterocycles. The molecular weight excluding hydrogens is 291 g/mol. The Hall–Kier alpha value is 0.788. The van der Waals surface area contributed by atoms with Crippen LogP contribution < -0.4 is 12.3 Å². The first-order valence-corrected chi connectivity index (χ1v) is 4.85. The summed E-state index contributed by atoms with van der Waals surface area (Å²) in [6.45, 7) is 0.